The molecule has 0 aliphatic carbocycles. The van der Waals surface area contributed by atoms with E-state index in [-0.39, 0.29) is 11.7 Å². The maximum absolute atomic E-state index is 13.4. The highest BCUT2D eigenvalue weighted by molar-refractivity contribution is 6.05. The average Bonchev–Trinajstić information content (AvgIpc) is 2.79. The van der Waals surface area contributed by atoms with Crippen molar-refractivity contribution in [2.24, 2.45) is 0 Å². The summed E-state index contributed by atoms with van der Waals surface area (Å²) in [5, 5.41) is 7.52. The van der Waals surface area contributed by atoms with Crippen LogP contribution in [0.4, 0.5) is 15.9 Å². The van der Waals surface area contributed by atoms with E-state index in [1.165, 1.54) is 24.5 Å². The summed E-state index contributed by atoms with van der Waals surface area (Å²) in [6.07, 6.45) is 4.69. The maximum atomic E-state index is 13.4. The third kappa shape index (κ3) is 4.60. The van der Waals surface area contributed by atoms with Crippen molar-refractivity contribution in [3.63, 3.8) is 0 Å². The van der Waals surface area contributed by atoms with Gasteiger partial charge in [-0.05, 0) is 49.0 Å². The number of likely N-dealkylation sites (N-methyl/N-ethyl adjacent to an activating group) is 1. The van der Waals surface area contributed by atoms with E-state index >= 15 is 0 Å². The van der Waals surface area contributed by atoms with E-state index in [9.17, 15) is 9.18 Å². The van der Waals surface area contributed by atoms with Crippen LogP contribution in [-0.2, 0) is 6.54 Å². The fraction of sp³-hybridized carbons (Fsp3) is 0.273. The second-order valence-corrected chi connectivity index (χ2v) is 7.31. The van der Waals surface area contributed by atoms with E-state index in [1.807, 2.05) is 12.1 Å². The minimum atomic E-state index is -0.352. The molecule has 8 heteroatoms. The quantitative estimate of drug-likeness (QED) is 0.649. The molecule has 0 spiro atoms. The molecule has 3 heterocycles. The molecule has 0 saturated carbocycles. The van der Waals surface area contributed by atoms with Crippen molar-refractivity contribution in [2.75, 3.05) is 43.0 Å². The summed E-state index contributed by atoms with van der Waals surface area (Å²) < 4.78 is 13.4. The summed E-state index contributed by atoms with van der Waals surface area (Å²) in [7, 11) is 2.12. The number of amides is 1. The van der Waals surface area contributed by atoms with Crippen molar-refractivity contribution >= 4 is 17.4 Å². The maximum Gasteiger partial charge on any atom is 0.260 e. The van der Waals surface area contributed by atoms with Crippen molar-refractivity contribution in [1.82, 2.24) is 20.1 Å². The van der Waals surface area contributed by atoms with Crippen LogP contribution in [0.3, 0.4) is 0 Å². The zero-order chi connectivity index (χ0) is 20.9. The van der Waals surface area contributed by atoms with Crippen LogP contribution < -0.4 is 9.80 Å². The molecule has 1 amide bonds. The van der Waals surface area contributed by atoms with Gasteiger partial charge in [0.15, 0.2) is 0 Å². The van der Waals surface area contributed by atoms with Crippen LogP contribution in [0.2, 0.25) is 0 Å². The minimum Gasteiger partial charge on any atom is -0.354 e. The second kappa shape index (κ2) is 8.96. The van der Waals surface area contributed by atoms with Gasteiger partial charge in [-0.2, -0.15) is 10.2 Å². The Morgan fingerprint density at radius 3 is 2.40 bits per heavy atom. The van der Waals surface area contributed by atoms with Gasteiger partial charge in [0.2, 0.25) is 0 Å². The molecule has 1 saturated heterocycles. The Labute approximate surface area is 174 Å². The molecule has 7 nitrogen and oxygen atoms in total. The van der Waals surface area contributed by atoms with Gasteiger partial charge in [-0.15, -0.1) is 0 Å². The number of halogens is 1. The summed E-state index contributed by atoms with van der Waals surface area (Å²) in [5.74, 6) is 0.347. The number of nitrogens with zero attached hydrogens (tertiary/aromatic N) is 6. The molecule has 0 bridgehead atoms. The van der Waals surface area contributed by atoms with Crippen LogP contribution in [0.25, 0.3) is 0 Å². The smallest absolute Gasteiger partial charge is 0.260 e. The van der Waals surface area contributed by atoms with Gasteiger partial charge in [-0.25, -0.2) is 9.37 Å². The SMILES string of the molecule is CN1CCN(c2ccc(CN(C(=O)c3ccnnc3)c3ccc(F)cc3)cn2)CC1. The first-order valence-corrected chi connectivity index (χ1v) is 9.83. The number of anilines is 2. The van der Waals surface area contributed by atoms with Crippen molar-refractivity contribution < 1.29 is 9.18 Å². The Morgan fingerprint density at radius 1 is 1.00 bits per heavy atom. The fourth-order valence-corrected chi connectivity index (χ4v) is 3.39. The topological polar surface area (TPSA) is 65.5 Å². The van der Waals surface area contributed by atoms with E-state index in [1.54, 1.807) is 29.3 Å². The van der Waals surface area contributed by atoms with Crippen LogP contribution in [0.1, 0.15) is 15.9 Å². The first-order valence-electron chi connectivity index (χ1n) is 9.83. The Kier molecular flexibility index (Phi) is 5.94. The minimum absolute atomic E-state index is 0.236. The summed E-state index contributed by atoms with van der Waals surface area (Å²) in [5.41, 5.74) is 1.89. The van der Waals surface area contributed by atoms with Gasteiger partial charge in [0.05, 0.1) is 24.5 Å². The fourth-order valence-electron chi connectivity index (χ4n) is 3.39. The Morgan fingerprint density at radius 2 is 1.77 bits per heavy atom. The summed E-state index contributed by atoms with van der Waals surface area (Å²) in [4.78, 5) is 23.9. The van der Waals surface area contributed by atoms with Crippen LogP contribution in [0.15, 0.2) is 61.1 Å². The average molecular weight is 406 g/mol. The molecule has 154 valence electrons. The number of aromatic nitrogens is 3. The van der Waals surface area contributed by atoms with Crippen molar-refractivity contribution in [3.8, 4) is 0 Å². The number of hydrogen-bond acceptors (Lipinski definition) is 6. The Balaban J connectivity index is 1.55. The van der Waals surface area contributed by atoms with Crippen molar-refractivity contribution in [1.29, 1.82) is 0 Å². The number of pyridine rings is 1. The third-order valence-corrected chi connectivity index (χ3v) is 5.19. The lowest BCUT2D eigenvalue weighted by Gasteiger charge is -2.33. The first-order chi connectivity index (χ1) is 14.6. The van der Waals surface area contributed by atoms with Crippen LogP contribution >= 0.6 is 0 Å². The highest BCUT2D eigenvalue weighted by Gasteiger charge is 2.20. The Bertz CT molecular complexity index is 973. The van der Waals surface area contributed by atoms with Gasteiger partial charge in [-0.3, -0.25) is 4.79 Å². The molecule has 1 aromatic carbocycles. The number of carbonyl (C=O) groups is 1. The molecule has 0 atom stereocenters. The van der Waals surface area contributed by atoms with Gasteiger partial charge in [0.25, 0.3) is 5.91 Å². The molecule has 1 fully saturated rings. The van der Waals surface area contributed by atoms with Gasteiger partial charge < -0.3 is 14.7 Å². The second-order valence-electron chi connectivity index (χ2n) is 7.31. The molecule has 4 rings (SSSR count). The highest BCUT2D eigenvalue weighted by Crippen LogP contribution is 2.21. The zero-order valence-electron chi connectivity index (χ0n) is 16.8. The predicted molar refractivity (Wildman–Crippen MR) is 113 cm³/mol. The molecule has 0 unspecified atom stereocenters. The van der Waals surface area contributed by atoms with Gasteiger partial charge >= 0.3 is 0 Å². The van der Waals surface area contributed by atoms with Crippen molar-refractivity contribution in [2.45, 2.75) is 6.54 Å². The van der Waals surface area contributed by atoms with Crippen LogP contribution in [0, 0.1) is 5.82 Å². The number of benzene rings is 1. The standard InChI is InChI=1S/C22H23FN6O/c1-27-10-12-28(13-11-27)21-7-2-17(14-24-21)16-29(20-5-3-19(23)4-6-20)22(30)18-8-9-25-26-15-18/h2-9,14-15H,10-13,16H2,1H3. The first kappa shape index (κ1) is 19.9. The van der Waals surface area contributed by atoms with Gasteiger partial charge in [0, 0.05) is 38.1 Å². The predicted octanol–water partition coefficient (Wildman–Crippen LogP) is 2.61. The molecule has 30 heavy (non-hydrogen) atoms. The van der Waals surface area contributed by atoms with E-state index in [0.717, 1.165) is 37.6 Å². The highest BCUT2D eigenvalue weighted by atomic mass is 19.1. The summed E-state index contributed by atoms with van der Waals surface area (Å²) in [6.45, 7) is 4.21. The summed E-state index contributed by atoms with van der Waals surface area (Å²) in [6, 6.07) is 11.4. The lowest BCUT2D eigenvalue weighted by Crippen LogP contribution is -2.44. The number of carbonyl (C=O) groups excluding carboxylic acids is 1. The molecule has 0 radical (unpaired) electrons. The van der Waals surface area contributed by atoms with E-state index < -0.39 is 0 Å². The lowest BCUT2D eigenvalue weighted by molar-refractivity contribution is 0.0984. The van der Waals surface area contributed by atoms with Gasteiger partial charge in [0.1, 0.15) is 11.6 Å². The molecule has 0 N–H and O–H groups in total. The van der Waals surface area contributed by atoms with Crippen LogP contribution in [-0.4, -0.2) is 59.2 Å². The summed E-state index contributed by atoms with van der Waals surface area (Å²) >= 11 is 0. The normalized spacial score (nSPS) is 14.5. The third-order valence-electron chi connectivity index (χ3n) is 5.19. The number of hydrogen-bond donors (Lipinski definition) is 0. The molecule has 1 aliphatic rings. The van der Waals surface area contributed by atoms with E-state index in [4.69, 9.17) is 0 Å². The van der Waals surface area contributed by atoms with E-state index in [2.05, 4.69) is 32.0 Å². The molecule has 3 aromatic rings. The van der Waals surface area contributed by atoms with Crippen LogP contribution in [0.5, 0.6) is 0 Å². The Hall–Kier alpha value is -3.39. The zero-order valence-corrected chi connectivity index (χ0v) is 16.8. The van der Waals surface area contributed by atoms with Gasteiger partial charge in [-0.1, -0.05) is 6.07 Å². The number of piperazine rings is 1. The van der Waals surface area contributed by atoms with E-state index in [0.29, 0.717) is 17.8 Å². The van der Waals surface area contributed by atoms with Crippen molar-refractivity contribution in [3.05, 3.63) is 78.0 Å². The number of rotatable bonds is 5. The molecule has 1 aliphatic heterocycles. The largest absolute Gasteiger partial charge is 0.354 e. The molecular formula is C22H23FN6O. The monoisotopic (exact) mass is 406 g/mol. The lowest BCUT2D eigenvalue weighted by atomic mass is 10.2. The molecular weight excluding hydrogens is 383 g/mol. The molecule has 2 aromatic heterocycles.